The third kappa shape index (κ3) is 3.74. The fourth-order valence-corrected chi connectivity index (χ4v) is 3.47. The molecule has 0 aromatic heterocycles. The zero-order valence-electron chi connectivity index (χ0n) is 13.0. The van der Waals surface area contributed by atoms with Crippen LogP contribution in [0, 0.1) is 11.8 Å². The summed E-state index contributed by atoms with van der Waals surface area (Å²) >= 11 is 0. The summed E-state index contributed by atoms with van der Waals surface area (Å²) in [6.07, 6.45) is 3.82. The van der Waals surface area contributed by atoms with Gasteiger partial charge >= 0.3 is 5.97 Å². The fourth-order valence-electron chi connectivity index (χ4n) is 3.47. The van der Waals surface area contributed by atoms with Crippen LogP contribution in [0.5, 0.6) is 0 Å². The van der Waals surface area contributed by atoms with Crippen LogP contribution in [0.2, 0.25) is 0 Å². The second-order valence-electron chi connectivity index (χ2n) is 6.86. The minimum Gasteiger partial charge on any atom is -0.480 e. The Balaban J connectivity index is 1.82. The van der Waals surface area contributed by atoms with Gasteiger partial charge in [-0.2, -0.15) is 0 Å². The number of hydrogen-bond donors (Lipinski definition) is 3. The zero-order valence-corrected chi connectivity index (χ0v) is 13.0. The average Bonchev–Trinajstić information content (AvgIpc) is 2.78. The Morgan fingerprint density at radius 1 is 1.38 bits per heavy atom. The van der Waals surface area contributed by atoms with E-state index in [1.165, 1.54) is 6.42 Å². The van der Waals surface area contributed by atoms with E-state index in [1.807, 2.05) is 4.90 Å². The van der Waals surface area contributed by atoms with Gasteiger partial charge in [-0.15, -0.1) is 0 Å². The lowest BCUT2D eigenvalue weighted by molar-refractivity contribution is -0.143. The Morgan fingerprint density at radius 3 is 2.71 bits per heavy atom. The Bertz CT molecular complexity index is 415. The topological polar surface area (TPSA) is 95.7 Å². The van der Waals surface area contributed by atoms with Crippen molar-refractivity contribution in [2.24, 2.45) is 17.6 Å². The first-order chi connectivity index (χ1) is 9.82. The molecular weight excluding hydrogens is 270 g/mol. The molecule has 0 aromatic carbocycles. The first kappa shape index (κ1) is 16.2. The van der Waals surface area contributed by atoms with Gasteiger partial charge in [0.1, 0.15) is 5.54 Å². The number of hydrogen-bond acceptors (Lipinski definition) is 4. The predicted molar refractivity (Wildman–Crippen MR) is 79.7 cm³/mol. The van der Waals surface area contributed by atoms with Gasteiger partial charge in [0.2, 0.25) is 5.91 Å². The van der Waals surface area contributed by atoms with Gasteiger partial charge in [0.05, 0.1) is 6.54 Å². The lowest BCUT2D eigenvalue weighted by Gasteiger charge is -2.35. The highest BCUT2D eigenvalue weighted by Crippen LogP contribution is 2.29. The number of aliphatic carboxylic acids is 1. The maximum atomic E-state index is 12.2. The van der Waals surface area contributed by atoms with Crippen molar-refractivity contribution in [1.29, 1.82) is 0 Å². The van der Waals surface area contributed by atoms with Gasteiger partial charge in [-0.05, 0) is 24.7 Å². The van der Waals surface area contributed by atoms with Gasteiger partial charge in [0.15, 0.2) is 0 Å². The van der Waals surface area contributed by atoms with E-state index in [9.17, 15) is 9.59 Å². The lowest BCUT2D eigenvalue weighted by Crippen LogP contribution is -2.51. The number of nitrogens with zero attached hydrogens (tertiary/aromatic N) is 1. The number of nitrogens with two attached hydrogens (primary N) is 1. The molecule has 0 aromatic rings. The second kappa shape index (κ2) is 6.32. The van der Waals surface area contributed by atoms with Crippen molar-refractivity contribution in [2.45, 2.75) is 51.1 Å². The number of carboxylic acid groups (broad SMARTS) is 1. The molecule has 2 aliphatic rings. The summed E-state index contributed by atoms with van der Waals surface area (Å²) in [4.78, 5) is 25.1. The van der Waals surface area contributed by atoms with Crippen molar-refractivity contribution in [1.82, 2.24) is 10.2 Å². The number of carbonyl (C=O) groups is 2. The van der Waals surface area contributed by atoms with Gasteiger partial charge in [-0.3, -0.25) is 14.5 Å². The lowest BCUT2D eigenvalue weighted by atomic mass is 9.78. The molecule has 1 heterocycles. The summed E-state index contributed by atoms with van der Waals surface area (Å²) in [6, 6.07) is 0.242. The number of likely N-dealkylation sites (tertiary alicyclic amines) is 1. The summed E-state index contributed by atoms with van der Waals surface area (Å²) in [5.41, 5.74) is 4.62. The molecule has 1 aliphatic carbocycles. The monoisotopic (exact) mass is 297 g/mol. The summed E-state index contributed by atoms with van der Waals surface area (Å²) in [6.45, 7) is 5.47. The van der Waals surface area contributed by atoms with Crippen molar-refractivity contribution in [3.05, 3.63) is 0 Å². The molecule has 21 heavy (non-hydrogen) atoms. The van der Waals surface area contributed by atoms with Crippen LogP contribution in [-0.2, 0) is 9.59 Å². The molecule has 6 heteroatoms. The molecule has 2 fully saturated rings. The van der Waals surface area contributed by atoms with Crippen molar-refractivity contribution in [2.75, 3.05) is 19.6 Å². The van der Waals surface area contributed by atoms with E-state index in [2.05, 4.69) is 19.2 Å². The molecule has 4 unspecified atom stereocenters. The highest BCUT2D eigenvalue weighted by Gasteiger charge is 2.41. The number of amides is 1. The van der Waals surface area contributed by atoms with E-state index in [1.54, 1.807) is 0 Å². The largest absolute Gasteiger partial charge is 0.480 e. The molecule has 4 N–H and O–H groups in total. The molecular formula is C15H27N3O3. The van der Waals surface area contributed by atoms with Gasteiger partial charge in [-0.25, -0.2) is 0 Å². The summed E-state index contributed by atoms with van der Waals surface area (Å²) in [5.74, 6) is 0.129. The standard InChI is InChI=1S/C15H27N3O3/c1-10-4-3-5-12(11(10)2)17-13(19)8-18-7-6-15(16,9-18)14(20)21/h10-12H,3-9,16H2,1-2H3,(H,17,19)(H,20,21). The SMILES string of the molecule is CC1CCCC(NC(=O)CN2CCC(N)(C(=O)O)C2)C1C. The van der Waals surface area contributed by atoms with E-state index in [4.69, 9.17) is 10.8 Å². The molecule has 1 saturated carbocycles. The number of carbonyl (C=O) groups excluding carboxylic acids is 1. The van der Waals surface area contributed by atoms with Crippen LogP contribution in [0.15, 0.2) is 0 Å². The van der Waals surface area contributed by atoms with Crippen molar-refractivity contribution in [3.8, 4) is 0 Å². The molecule has 1 aliphatic heterocycles. The quantitative estimate of drug-likeness (QED) is 0.699. The highest BCUT2D eigenvalue weighted by atomic mass is 16.4. The normalized spacial score (nSPS) is 37.4. The van der Waals surface area contributed by atoms with E-state index >= 15 is 0 Å². The van der Waals surface area contributed by atoms with Crippen molar-refractivity contribution < 1.29 is 14.7 Å². The molecule has 2 rings (SSSR count). The maximum absolute atomic E-state index is 12.2. The van der Waals surface area contributed by atoms with Crippen molar-refractivity contribution >= 4 is 11.9 Å². The van der Waals surface area contributed by atoms with Gasteiger partial charge in [0, 0.05) is 19.1 Å². The average molecular weight is 297 g/mol. The van der Waals surface area contributed by atoms with Crippen LogP contribution < -0.4 is 11.1 Å². The third-order valence-electron chi connectivity index (χ3n) is 5.23. The maximum Gasteiger partial charge on any atom is 0.325 e. The fraction of sp³-hybridized carbons (Fsp3) is 0.867. The van der Waals surface area contributed by atoms with E-state index in [0.717, 1.165) is 12.8 Å². The molecule has 4 atom stereocenters. The van der Waals surface area contributed by atoms with Crippen LogP contribution in [-0.4, -0.2) is 53.1 Å². The third-order valence-corrected chi connectivity index (χ3v) is 5.23. The summed E-state index contributed by atoms with van der Waals surface area (Å²) in [5, 5.41) is 12.2. The van der Waals surface area contributed by atoms with Crippen molar-refractivity contribution in [3.63, 3.8) is 0 Å². The van der Waals surface area contributed by atoms with Gasteiger partial charge in [0.25, 0.3) is 0 Å². The number of nitrogens with one attached hydrogen (secondary N) is 1. The van der Waals surface area contributed by atoms with Crippen LogP contribution in [0.25, 0.3) is 0 Å². The Hall–Kier alpha value is -1.14. The van der Waals surface area contributed by atoms with Crippen LogP contribution >= 0.6 is 0 Å². The predicted octanol–water partition coefficient (Wildman–Crippen LogP) is 0.415. The van der Waals surface area contributed by atoms with Crippen LogP contribution in [0.4, 0.5) is 0 Å². The molecule has 1 saturated heterocycles. The minimum atomic E-state index is -1.20. The molecule has 0 radical (unpaired) electrons. The van der Waals surface area contributed by atoms with Crippen LogP contribution in [0.1, 0.15) is 39.5 Å². The zero-order chi connectivity index (χ0) is 15.6. The molecule has 120 valence electrons. The number of carboxylic acids is 1. The molecule has 0 bridgehead atoms. The molecule has 0 spiro atoms. The van der Waals surface area contributed by atoms with E-state index in [0.29, 0.717) is 24.8 Å². The smallest absolute Gasteiger partial charge is 0.325 e. The Morgan fingerprint density at radius 2 is 2.10 bits per heavy atom. The Labute approximate surface area is 126 Å². The van der Waals surface area contributed by atoms with Gasteiger partial charge < -0.3 is 16.2 Å². The van der Waals surface area contributed by atoms with Gasteiger partial charge in [-0.1, -0.05) is 26.7 Å². The number of rotatable bonds is 4. The molecule has 1 amide bonds. The highest BCUT2D eigenvalue weighted by molar-refractivity contribution is 5.81. The molecule has 6 nitrogen and oxygen atoms in total. The Kier molecular flexibility index (Phi) is 4.88. The first-order valence-electron chi connectivity index (χ1n) is 7.86. The second-order valence-corrected chi connectivity index (χ2v) is 6.86. The van der Waals surface area contributed by atoms with E-state index < -0.39 is 11.5 Å². The minimum absolute atomic E-state index is 0.0180. The summed E-state index contributed by atoms with van der Waals surface area (Å²) < 4.78 is 0. The van der Waals surface area contributed by atoms with Crippen LogP contribution in [0.3, 0.4) is 0 Å². The van der Waals surface area contributed by atoms with E-state index in [-0.39, 0.29) is 25.0 Å². The first-order valence-corrected chi connectivity index (χ1v) is 7.86. The summed E-state index contributed by atoms with van der Waals surface area (Å²) in [7, 11) is 0.